The molecule has 2 amide bonds. The number of carbonyl (C=O) groups excluding carboxylic acids is 2. The van der Waals surface area contributed by atoms with Gasteiger partial charge in [-0.25, -0.2) is 0 Å². The average molecular weight is 387 g/mol. The fourth-order valence-electron chi connectivity index (χ4n) is 3.60. The highest BCUT2D eigenvalue weighted by atomic mass is 32.2. The Bertz CT molecular complexity index is 779. The molecule has 6 heteroatoms. The van der Waals surface area contributed by atoms with Gasteiger partial charge >= 0.3 is 0 Å². The molecule has 0 saturated heterocycles. The van der Waals surface area contributed by atoms with Crippen LogP contribution in [0.3, 0.4) is 0 Å². The molecule has 1 aromatic carbocycles. The van der Waals surface area contributed by atoms with Crippen molar-refractivity contribution in [2.45, 2.75) is 43.0 Å². The van der Waals surface area contributed by atoms with Crippen molar-refractivity contribution in [1.82, 2.24) is 10.6 Å². The van der Waals surface area contributed by atoms with Crippen molar-refractivity contribution in [2.75, 3.05) is 13.3 Å². The van der Waals surface area contributed by atoms with E-state index in [4.69, 9.17) is 4.42 Å². The zero-order chi connectivity index (χ0) is 19.2. The summed E-state index contributed by atoms with van der Waals surface area (Å²) in [5.41, 5.74) is 0.919. The van der Waals surface area contributed by atoms with Crippen LogP contribution in [-0.4, -0.2) is 31.2 Å². The normalized spacial score (nSPS) is 15.9. The lowest BCUT2D eigenvalue weighted by molar-refractivity contribution is -0.124. The van der Waals surface area contributed by atoms with Crippen molar-refractivity contribution in [3.05, 3.63) is 42.2 Å². The molecule has 0 bridgehead atoms. The van der Waals surface area contributed by atoms with Crippen molar-refractivity contribution >= 4 is 23.6 Å². The molecule has 27 heavy (non-hydrogen) atoms. The number of carbonyl (C=O) groups is 2. The third-order valence-corrected chi connectivity index (χ3v) is 5.88. The number of likely N-dealkylation sites (N-methyl/N-ethyl adjacent to an activating group) is 1. The van der Waals surface area contributed by atoms with E-state index in [2.05, 4.69) is 10.6 Å². The van der Waals surface area contributed by atoms with Gasteiger partial charge in [-0.3, -0.25) is 9.59 Å². The molecule has 1 heterocycles. The van der Waals surface area contributed by atoms with E-state index in [0.29, 0.717) is 5.76 Å². The summed E-state index contributed by atoms with van der Waals surface area (Å²) >= 11 is 1.68. The van der Waals surface area contributed by atoms with Gasteiger partial charge in [-0.05, 0) is 49.3 Å². The maximum Gasteiger partial charge on any atom is 0.287 e. The molecule has 1 aliphatic rings. The molecule has 1 unspecified atom stereocenters. The monoisotopic (exact) mass is 386 g/mol. The minimum atomic E-state index is -0.516. The summed E-state index contributed by atoms with van der Waals surface area (Å²) in [7, 11) is 1.60. The van der Waals surface area contributed by atoms with Gasteiger partial charge in [0.1, 0.15) is 11.8 Å². The fraction of sp³-hybridized carbons (Fsp3) is 0.429. The summed E-state index contributed by atoms with van der Waals surface area (Å²) in [6.45, 7) is 0. The van der Waals surface area contributed by atoms with Gasteiger partial charge in [-0.2, -0.15) is 0 Å². The van der Waals surface area contributed by atoms with E-state index in [-0.39, 0.29) is 23.5 Å². The molecule has 5 nitrogen and oxygen atoms in total. The number of furan rings is 1. The Morgan fingerprint density at radius 1 is 1.07 bits per heavy atom. The number of benzene rings is 1. The first-order chi connectivity index (χ1) is 13.1. The van der Waals surface area contributed by atoms with Crippen LogP contribution >= 0.6 is 11.8 Å². The van der Waals surface area contributed by atoms with E-state index in [1.54, 1.807) is 30.9 Å². The first-order valence-electron chi connectivity index (χ1n) is 9.39. The Morgan fingerprint density at radius 2 is 1.78 bits per heavy atom. The van der Waals surface area contributed by atoms with E-state index in [1.165, 1.54) is 11.3 Å². The standard InChI is InChI=1S/C21H26N2O3S/c1-22-21(25)19(15-6-4-3-5-7-15)23-20(24)18-13-12-17(26-18)14-8-10-16(27-2)11-9-14/h8-13,15,19H,3-7H2,1-2H3,(H,22,25)(H,23,24). The molecule has 0 aliphatic heterocycles. The lowest BCUT2D eigenvalue weighted by Crippen LogP contribution is -2.50. The molecule has 1 fully saturated rings. The second kappa shape index (κ2) is 9.13. The number of nitrogens with one attached hydrogen (secondary N) is 2. The molecule has 1 atom stereocenters. The van der Waals surface area contributed by atoms with Gasteiger partial charge in [0.2, 0.25) is 5.91 Å². The summed E-state index contributed by atoms with van der Waals surface area (Å²) in [6.07, 6.45) is 7.35. The van der Waals surface area contributed by atoms with E-state index in [0.717, 1.165) is 31.2 Å². The quantitative estimate of drug-likeness (QED) is 0.734. The predicted octanol–water partition coefficient (Wildman–Crippen LogP) is 4.09. The van der Waals surface area contributed by atoms with Gasteiger partial charge in [-0.15, -0.1) is 11.8 Å². The molecule has 1 saturated carbocycles. The lowest BCUT2D eigenvalue weighted by atomic mass is 9.83. The number of amides is 2. The van der Waals surface area contributed by atoms with Crippen LogP contribution in [0.25, 0.3) is 11.3 Å². The van der Waals surface area contributed by atoms with Crippen molar-refractivity contribution in [3.63, 3.8) is 0 Å². The minimum Gasteiger partial charge on any atom is -0.451 e. The summed E-state index contributed by atoms with van der Waals surface area (Å²) in [6, 6.07) is 10.9. The first-order valence-corrected chi connectivity index (χ1v) is 10.6. The molecule has 0 spiro atoms. The number of rotatable bonds is 6. The van der Waals surface area contributed by atoms with Crippen LogP contribution in [0.4, 0.5) is 0 Å². The van der Waals surface area contributed by atoms with Gasteiger partial charge in [0, 0.05) is 17.5 Å². The van der Waals surface area contributed by atoms with E-state index in [1.807, 2.05) is 30.5 Å². The van der Waals surface area contributed by atoms with Crippen molar-refractivity contribution < 1.29 is 14.0 Å². The van der Waals surface area contributed by atoms with Crippen LogP contribution in [-0.2, 0) is 4.79 Å². The molecular weight excluding hydrogens is 360 g/mol. The second-order valence-electron chi connectivity index (χ2n) is 6.86. The van der Waals surface area contributed by atoms with E-state index in [9.17, 15) is 9.59 Å². The van der Waals surface area contributed by atoms with Gasteiger partial charge in [0.25, 0.3) is 5.91 Å². The molecule has 1 aromatic heterocycles. The van der Waals surface area contributed by atoms with Crippen LogP contribution in [0.15, 0.2) is 45.7 Å². The average Bonchev–Trinajstić information content (AvgIpc) is 3.22. The fourth-order valence-corrected chi connectivity index (χ4v) is 4.01. The Balaban J connectivity index is 1.72. The summed E-state index contributed by atoms with van der Waals surface area (Å²) in [5, 5.41) is 5.56. The van der Waals surface area contributed by atoms with E-state index >= 15 is 0 Å². The third kappa shape index (κ3) is 4.75. The largest absolute Gasteiger partial charge is 0.451 e. The third-order valence-electron chi connectivity index (χ3n) is 5.14. The minimum absolute atomic E-state index is 0.144. The topological polar surface area (TPSA) is 71.3 Å². The summed E-state index contributed by atoms with van der Waals surface area (Å²) in [5.74, 6) is 0.553. The van der Waals surface area contributed by atoms with Gasteiger partial charge < -0.3 is 15.1 Å². The first kappa shape index (κ1) is 19.5. The van der Waals surface area contributed by atoms with Crippen molar-refractivity contribution in [1.29, 1.82) is 0 Å². The molecule has 2 aromatic rings. The number of hydrogen-bond donors (Lipinski definition) is 2. The van der Waals surface area contributed by atoms with Crippen LogP contribution in [0, 0.1) is 5.92 Å². The van der Waals surface area contributed by atoms with Gasteiger partial charge in [-0.1, -0.05) is 31.4 Å². The molecule has 144 valence electrons. The van der Waals surface area contributed by atoms with Crippen LogP contribution in [0.2, 0.25) is 0 Å². The Morgan fingerprint density at radius 3 is 2.41 bits per heavy atom. The highest BCUT2D eigenvalue weighted by Crippen LogP contribution is 2.28. The molecule has 1 aliphatic carbocycles. The molecule has 2 N–H and O–H groups in total. The highest BCUT2D eigenvalue weighted by molar-refractivity contribution is 7.98. The van der Waals surface area contributed by atoms with Crippen molar-refractivity contribution in [2.24, 2.45) is 5.92 Å². The Kier molecular flexibility index (Phi) is 6.61. The van der Waals surface area contributed by atoms with Gasteiger partial charge in [0.05, 0.1) is 0 Å². The highest BCUT2D eigenvalue weighted by Gasteiger charge is 2.31. The molecular formula is C21H26N2O3S. The van der Waals surface area contributed by atoms with Crippen molar-refractivity contribution in [3.8, 4) is 11.3 Å². The maximum absolute atomic E-state index is 12.7. The second-order valence-corrected chi connectivity index (χ2v) is 7.74. The number of hydrogen-bond acceptors (Lipinski definition) is 4. The smallest absolute Gasteiger partial charge is 0.287 e. The Labute approximate surface area is 164 Å². The maximum atomic E-state index is 12.7. The predicted molar refractivity (Wildman–Crippen MR) is 108 cm³/mol. The van der Waals surface area contributed by atoms with E-state index < -0.39 is 6.04 Å². The van der Waals surface area contributed by atoms with Gasteiger partial charge in [0.15, 0.2) is 5.76 Å². The van der Waals surface area contributed by atoms with Crippen LogP contribution < -0.4 is 10.6 Å². The molecule has 0 radical (unpaired) electrons. The van der Waals surface area contributed by atoms with Crippen LogP contribution in [0.1, 0.15) is 42.7 Å². The number of thioether (sulfide) groups is 1. The summed E-state index contributed by atoms with van der Waals surface area (Å²) < 4.78 is 5.76. The Hall–Kier alpha value is -2.21. The zero-order valence-corrected chi connectivity index (χ0v) is 16.6. The SMILES string of the molecule is CNC(=O)C(NC(=O)c1ccc(-c2ccc(SC)cc2)o1)C1CCCCC1. The molecule has 3 rings (SSSR count). The zero-order valence-electron chi connectivity index (χ0n) is 15.8. The summed E-state index contributed by atoms with van der Waals surface area (Å²) in [4.78, 5) is 26.2. The lowest BCUT2D eigenvalue weighted by Gasteiger charge is -2.29. The van der Waals surface area contributed by atoms with Crippen LogP contribution in [0.5, 0.6) is 0 Å².